The molecular formula is C19H20N2O4. The highest BCUT2D eigenvalue weighted by molar-refractivity contribution is 5.96. The molecule has 1 aliphatic heterocycles. The van der Waals surface area contributed by atoms with E-state index in [1.165, 1.54) is 6.92 Å². The first-order valence-corrected chi connectivity index (χ1v) is 8.05. The molecule has 0 fully saturated rings. The largest absolute Gasteiger partial charge is 0.482 e. The van der Waals surface area contributed by atoms with Crippen molar-refractivity contribution in [2.75, 3.05) is 10.6 Å². The Kier molecular flexibility index (Phi) is 4.61. The molecule has 2 atom stereocenters. The van der Waals surface area contributed by atoms with E-state index in [2.05, 4.69) is 10.6 Å². The van der Waals surface area contributed by atoms with Crippen LogP contribution in [0.4, 0.5) is 11.4 Å². The average molecular weight is 340 g/mol. The molecule has 0 aliphatic carbocycles. The van der Waals surface area contributed by atoms with Crippen molar-refractivity contribution in [2.24, 2.45) is 0 Å². The summed E-state index contributed by atoms with van der Waals surface area (Å²) in [5, 5.41) is 5.58. The Morgan fingerprint density at radius 3 is 2.32 bits per heavy atom. The molecule has 130 valence electrons. The molecule has 3 rings (SSSR count). The number of hydrogen-bond acceptors (Lipinski definition) is 4. The van der Waals surface area contributed by atoms with Crippen LogP contribution in [-0.4, -0.2) is 24.0 Å². The minimum absolute atomic E-state index is 0.139. The summed E-state index contributed by atoms with van der Waals surface area (Å²) >= 11 is 0. The van der Waals surface area contributed by atoms with Gasteiger partial charge in [-0.15, -0.1) is 0 Å². The van der Waals surface area contributed by atoms with E-state index in [0.717, 1.165) is 5.56 Å². The first kappa shape index (κ1) is 16.8. The summed E-state index contributed by atoms with van der Waals surface area (Å²) in [5.41, 5.74) is 2.20. The molecule has 2 N–H and O–H groups in total. The third-order valence-corrected chi connectivity index (χ3v) is 3.91. The Hall–Kier alpha value is -3.02. The molecule has 0 bridgehead atoms. The lowest BCUT2D eigenvalue weighted by atomic mass is 10.1. The standard InChI is InChI=1S/C19H20N2O4/c1-11-10-14(8-9-15(11)20-13(3)22)21-19(23)18-12(2)24-16-6-4-5-7-17(16)25-18/h4-10,12,18H,1-3H3,(H,20,22)(H,21,23). The van der Waals surface area contributed by atoms with Crippen LogP contribution in [0.15, 0.2) is 42.5 Å². The van der Waals surface area contributed by atoms with E-state index in [1.54, 1.807) is 31.2 Å². The van der Waals surface area contributed by atoms with Crippen molar-refractivity contribution in [1.82, 2.24) is 0 Å². The second kappa shape index (κ2) is 6.84. The summed E-state index contributed by atoms with van der Waals surface area (Å²) in [7, 11) is 0. The maximum absolute atomic E-state index is 12.6. The maximum atomic E-state index is 12.6. The predicted octanol–water partition coefficient (Wildman–Crippen LogP) is 3.12. The number of ether oxygens (including phenoxy) is 2. The van der Waals surface area contributed by atoms with Crippen LogP contribution in [-0.2, 0) is 9.59 Å². The number of hydrogen-bond donors (Lipinski definition) is 2. The van der Waals surface area contributed by atoms with Crippen LogP contribution >= 0.6 is 0 Å². The van der Waals surface area contributed by atoms with Crippen molar-refractivity contribution < 1.29 is 19.1 Å². The molecule has 6 heteroatoms. The highest BCUT2D eigenvalue weighted by atomic mass is 16.6. The molecule has 0 radical (unpaired) electrons. The number of benzene rings is 2. The summed E-state index contributed by atoms with van der Waals surface area (Å²) in [6, 6.07) is 12.6. The molecule has 6 nitrogen and oxygen atoms in total. The van der Waals surface area contributed by atoms with Crippen molar-refractivity contribution in [1.29, 1.82) is 0 Å². The maximum Gasteiger partial charge on any atom is 0.269 e. The molecule has 0 saturated carbocycles. The zero-order valence-electron chi connectivity index (χ0n) is 14.3. The van der Waals surface area contributed by atoms with Crippen molar-refractivity contribution in [3.05, 3.63) is 48.0 Å². The molecule has 25 heavy (non-hydrogen) atoms. The fourth-order valence-corrected chi connectivity index (χ4v) is 2.69. The van der Waals surface area contributed by atoms with Gasteiger partial charge in [-0.1, -0.05) is 12.1 Å². The molecule has 0 saturated heterocycles. The number of carbonyl (C=O) groups is 2. The molecule has 1 aliphatic rings. The molecule has 0 aromatic heterocycles. The minimum atomic E-state index is -0.745. The van der Waals surface area contributed by atoms with Gasteiger partial charge in [-0.2, -0.15) is 0 Å². The highest BCUT2D eigenvalue weighted by Gasteiger charge is 2.34. The Morgan fingerprint density at radius 1 is 1.00 bits per heavy atom. The highest BCUT2D eigenvalue weighted by Crippen LogP contribution is 2.33. The van der Waals surface area contributed by atoms with Crippen molar-refractivity contribution >= 4 is 23.2 Å². The average Bonchev–Trinajstić information content (AvgIpc) is 2.56. The zero-order chi connectivity index (χ0) is 18.0. The Bertz CT molecular complexity index is 819. The van der Waals surface area contributed by atoms with E-state index < -0.39 is 12.2 Å². The SMILES string of the molecule is CC(=O)Nc1ccc(NC(=O)C2Oc3ccccc3OC2C)cc1C. The molecule has 2 aromatic carbocycles. The van der Waals surface area contributed by atoms with Gasteiger partial charge in [0.15, 0.2) is 11.5 Å². The number of amides is 2. The smallest absolute Gasteiger partial charge is 0.269 e. The van der Waals surface area contributed by atoms with E-state index in [-0.39, 0.29) is 11.8 Å². The van der Waals surface area contributed by atoms with Crippen molar-refractivity contribution in [3.63, 3.8) is 0 Å². The first-order valence-electron chi connectivity index (χ1n) is 8.05. The molecule has 2 amide bonds. The Labute approximate surface area is 146 Å². The summed E-state index contributed by atoms with van der Waals surface area (Å²) in [6.45, 7) is 5.11. The lowest BCUT2D eigenvalue weighted by Gasteiger charge is -2.31. The van der Waals surface area contributed by atoms with Gasteiger partial charge < -0.3 is 20.1 Å². The number of rotatable bonds is 3. The van der Waals surface area contributed by atoms with Gasteiger partial charge in [0, 0.05) is 18.3 Å². The van der Waals surface area contributed by atoms with E-state index in [4.69, 9.17) is 9.47 Å². The van der Waals surface area contributed by atoms with Crippen LogP contribution < -0.4 is 20.1 Å². The Morgan fingerprint density at radius 2 is 1.68 bits per heavy atom. The number of aryl methyl sites for hydroxylation is 1. The molecule has 0 spiro atoms. The van der Waals surface area contributed by atoms with Crippen LogP contribution in [0.5, 0.6) is 11.5 Å². The van der Waals surface area contributed by atoms with Crippen molar-refractivity contribution in [3.8, 4) is 11.5 Å². The van der Waals surface area contributed by atoms with Crippen molar-refractivity contribution in [2.45, 2.75) is 33.0 Å². The summed E-state index contributed by atoms with van der Waals surface area (Å²) in [5.74, 6) is 0.765. The van der Waals surface area contributed by atoms with Gasteiger partial charge in [0.25, 0.3) is 5.91 Å². The Balaban J connectivity index is 1.72. The minimum Gasteiger partial charge on any atom is -0.482 e. The molecule has 2 unspecified atom stereocenters. The first-order chi connectivity index (χ1) is 11.9. The number of nitrogens with one attached hydrogen (secondary N) is 2. The van der Waals surface area contributed by atoms with Crippen LogP contribution in [0.1, 0.15) is 19.4 Å². The van der Waals surface area contributed by atoms with Gasteiger partial charge in [-0.25, -0.2) is 0 Å². The van der Waals surface area contributed by atoms with Crippen LogP contribution in [0.3, 0.4) is 0 Å². The van der Waals surface area contributed by atoms with E-state index in [9.17, 15) is 9.59 Å². The van der Waals surface area contributed by atoms with Gasteiger partial charge in [0.2, 0.25) is 12.0 Å². The molecular weight excluding hydrogens is 320 g/mol. The van der Waals surface area contributed by atoms with Gasteiger partial charge >= 0.3 is 0 Å². The second-order valence-electron chi connectivity index (χ2n) is 6.01. The number of anilines is 2. The lowest BCUT2D eigenvalue weighted by Crippen LogP contribution is -2.46. The quantitative estimate of drug-likeness (QED) is 0.900. The summed E-state index contributed by atoms with van der Waals surface area (Å²) < 4.78 is 11.5. The number of fused-ring (bicyclic) bond motifs is 1. The van der Waals surface area contributed by atoms with Gasteiger partial charge in [0.1, 0.15) is 6.10 Å². The predicted molar refractivity (Wildman–Crippen MR) is 95.1 cm³/mol. The fourth-order valence-electron chi connectivity index (χ4n) is 2.69. The number of carbonyl (C=O) groups excluding carboxylic acids is 2. The van der Waals surface area contributed by atoms with E-state index >= 15 is 0 Å². The molecule has 1 heterocycles. The topological polar surface area (TPSA) is 76.7 Å². The van der Waals surface area contributed by atoms with Gasteiger partial charge in [-0.05, 0) is 49.7 Å². The van der Waals surface area contributed by atoms with Crippen LogP contribution in [0.25, 0.3) is 0 Å². The third kappa shape index (κ3) is 3.74. The van der Waals surface area contributed by atoms with Gasteiger partial charge in [0.05, 0.1) is 0 Å². The second-order valence-corrected chi connectivity index (χ2v) is 6.01. The van der Waals surface area contributed by atoms with Crippen LogP contribution in [0.2, 0.25) is 0 Å². The summed E-state index contributed by atoms with van der Waals surface area (Å²) in [4.78, 5) is 23.7. The van der Waals surface area contributed by atoms with E-state index in [1.807, 2.05) is 25.1 Å². The molecule has 2 aromatic rings. The lowest BCUT2D eigenvalue weighted by molar-refractivity contribution is -0.128. The monoisotopic (exact) mass is 340 g/mol. The third-order valence-electron chi connectivity index (χ3n) is 3.91. The summed E-state index contributed by atoms with van der Waals surface area (Å²) in [6.07, 6.45) is -1.15. The number of para-hydroxylation sites is 2. The van der Waals surface area contributed by atoms with Gasteiger partial charge in [-0.3, -0.25) is 9.59 Å². The van der Waals surface area contributed by atoms with Crippen LogP contribution in [0, 0.1) is 6.92 Å². The zero-order valence-corrected chi connectivity index (χ0v) is 14.3. The van der Waals surface area contributed by atoms with E-state index in [0.29, 0.717) is 22.9 Å². The normalized spacial score (nSPS) is 18.4. The fraction of sp³-hybridized carbons (Fsp3) is 0.263.